The van der Waals surface area contributed by atoms with Crippen LogP contribution in [0.1, 0.15) is 12.5 Å². The summed E-state index contributed by atoms with van der Waals surface area (Å²) in [5, 5.41) is 8.80. The molecule has 1 rings (SSSR count). The Morgan fingerprint density at radius 2 is 1.82 bits per heavy atom. The normalized spacial score (nSPS) is 12.3. The molecular formula is C13H13NO3. The summed E-state index contributed by atoms with van der Waals surface area (Å²) in [4.78, 5) is 21.9. The van der Waals surface area contributed by atoms with E-state index in [9.17, 15) is 9.59 Å². The zero-order valence-corrected chi connectivity index (χ0v) is 9.38. The highest BCUT2D eigenvalue weighted by Gasteiger charge is 2.11. The van der Waals surface area contributed by atoms with Crippen molar-refractivity contribution in [3.8, 4) is 0 Å². The van der Waals surface area contributed by atoms with Gasteiger partial charge in [0.05, 0.1) is 0 Å². The third kappa shape index (κ3) is 3.61. The monoisotopic (exact) mass is 231 g/mol. The topological polar surface area (TPSA) is 80.4 Å². The molecule has 0 radical (unpaired) electrons. The van der Waals surface area contributed by atoms with Crippen LogP contribution in [-0.2, 0) is 9.59 Å². The van der Waals surface area contributed by atoms with Crippen LogP contribution in [-0.4, -0.2) is 17.0 Å². The van der Waals surface area contributed by atoms with E-state index in [2.05, 4.69) is 0 Å². The molecule has 0 unspecified atom stereocenters. The largest absolute Gasteiger partial charge is 0.478 e. The molecule has 3 N–H and O–H groups in total. The molecule has 0 aliphatic rings. The van der Waals surface area contributed by atoms with Crippen LogP contribution in [0.4, 0.5) is 0 Å². The number of primary amides is 1. The highest BCUT2D eigenvalue weighted by Crippen LogP contribution is 2.09. The second kappa shape index (κ2) is 5.65. The summed E-state index contributed by atoms with van der Waals surface area (Å²) in [5.74, 6) is -1.91. The van der Waals surface area contributed by atoms with Crippen LogP contribution in [0.5, 0.6) is 0 Å². The van der Waals surface area contributed by atoms with Gasteiger partial charge in [0.25, 0.3) is 0 Å². The van der Waals surface area contributed by atoms with Gasteiger partial charge in [-0.2, -0.15) is 0 Å². The Kier molecular flexibility index (Phi) is 4.22. The van der Waals surface area contributed by atoms with E-state index in [1.54, 1.807) is 6.08 Å². The predicted molar refractivity (Wildman–Crippen MR) is 65.0 cm³/mol. The average Bonchev–Trinajstić information content (AvgIpc) is 2.29. The van der Waals surface area contributed by atoms with Crippen molar-refractivity contribution < 1.29 is 14.7 Å². The van der Waals surface area contributed by atoms with Gasteiger partial charge in [0, 0.05) is 11.1 Å². The van der Waals surface area contributed by atoms with Gasteiger partial charge in [0.2, 0.25) is 5.91 Å². The van der Waals surface area contributed by atoms with E-state index >= 15 is 0 Å². The SMILES string of the molecule is C/C(C(=O)O)=C(\C=C\c1ccccc1)C(N)=O. The maximum Gasteiger partial charge on any atom is 0.332 e. The fourth-order valence-electron chi connectivity index (χ4n) is 1.25. The van der Waals surface area contributed by atoms with Crippen LogP contribution >= 0.6 is 0 Å². The highest BCUT2D eigenvalue weighted by atomic mass is 16.4. The average molecular weight is 231 g/mol. The van der Waals surface area contributed by atoms with Crippen molar-refractivity contribution in [3.63, 3.8) is 0 Å². The molecule has 0 saturated carbocycles. The molecular weight excluding hydrogens is 218 g/mol. The van der Waals surface area contributed by atoms with Gasteiger partial charge >= 0.3 is 5.97 Å². The van der Waals surface area contributed by atoms with Crippen molar-refractivity contribution in [1.29, 1.82) is 0 Å². The molecule has 0 spiro atoms. The summed E-state index contributed by atoms with van der Waals surface area (Å²) in [6.07, 6.45) is 3.06. The van der Waals surface area contributed by atoms with Gasteiger partial charge in [0.15, 0.2) is 0 Å². The summed E-state index contributed by atoms with van der Waals surface area (Å²) in [6.45, 7) is 1.34. The van der Waals surface area contributed by atoms with Gasteiger partial charge in [0.1, 0.15) is 0 Å². The Morgan fingerprint density at radius 3 is 2.29 bits per heavy atom. The molecule has 4 heteroatoms. The van der Waals surface area contributed by atoms with Gasteiger partial charge in [-0.3, -0.25) is 4.79 Å². The molecule has 0 fully saturated rings. The fourth-order valence-corrected chi connectivity index (χ4v) is 1.25. The Balaban J connectivity index is 3.05. The lowest BCUT2D eigenvalue weighted by atomic mass is 10.1. The van der Waals surface area contributed by atoms with Crippen molar-refractivity contribution in [2.45, 2.75) is 6.92 Å². The van der Waals surface area contributed by atoms with Gasteiger partial charge in [-0.25, -0.2) is 4.79 Å². The molecule has 0 heterocycles. The van der Waals surface area contributed by atoms with E-state index in [1.165, 1.54) is 13.0 Å². The molecule has 0 bridgehead atoms. The number of carbonyl (C=O) groups is 2. The quantitative estimate of drug-likeness (QED) is 0.610. The molecule has 17 heavy (non-hydrogen) atoms. The Morgan fingerprint density at radius 1 is 1.24 bits per heavy atom. The molecule has 1 aromatic carbocycles. The summed E-state index contributed by atoms with van der Waals surface area (Å²) in [7, 11) is 0. The number of hydrogen-bond donors (Lipinski definition) is 2. The van der Waals surface area contributed by atoms with Gasteiger partial charge < -0.3 is 10.8 Å². The maximum atomic E-state index is 11.1. The standard InChI is InChI=1S/C13H13NO3/c1-9(13(16)17)11(12(14)15)8-7-10-5-3-2-4-6-10/h2-8H,1H3,(H2,14,15)(H,16,17)/b8-7+,11-9-. The molecule has 0 aliphatic heterocycles. The number of carboxylic acids is 1. The number of aliphatic carboxylic acids is 1. The van der Waals surface area contributed by atoms with E-state index in [-0.39, 0.29) is 11.1 Å². The summed E-state index contributed by atoms with van der Waals surface area (Å²) < 4.78 is 0. The van der Waals surface area contributed by atoms with Gasteiger partial charge in [-0.05, 0) is 18.6 Å². The summed E-state index contributed by atoms with van der Waals surface area (Å²) in [5.41, 5.74) is 5.93. The lowest BCUT2D eigenvalue weighted by molar-refractivity contribution is -0.133. The number of carbonyl (C=O) groups excluding carboxylic acids is 1. The maximum absolute atomic E-state index is 11.1. The van der Waals surface area contributed by atoms with Crippen LogP contribution in [0.3, 0.4) is 0 Å². The first-order valence-corrected chi connectivity index (χ1v) is 4.99. The highest BCUT2D eigenvalue weighted by molar-refractivity contribution is 6.03. The van der Waals surface area contributed by atoms with Gasteiger partial charge in [-0.15, -0.1) is 0 Å². The zero-order valence-electron chi connectivity index (χ0n) is 9.38. The number of carboxylic acid groups (broad SMARTS) is 1. The Bertz CT molecular complexity index is 487. The minimum absolute atomic E-state index is 0.00125. The number of nitrogens with two attached hydrogens (primary N) is 1. The minimum atomic E-state index is -1.16. The van der Waals surface area contributed by atoms with E-state index < -0.39 is 11.9 Å². The molecule has 4 nitrogen and oxygen atoms in total. The number of amides is 1. The first-order chi connectivity index (χ1) is 8.02. The van der Waals surface area contributed by atoms with Crippen molar-refractivity contribution in [3.05, 3.63) is 53.1 Å². The molecule has 0 atom stereocenters. The van der Waals surface area contributed by atoms with E-state index in [4.69, 9.17) is 10.8 Å². The van der Waals surface area contributed by atoms with E-state index in [0.717, 1.165) is 5.56 Å². The van der Waals surface area contributed by atoms with Crippen molar-refractivity contribution >= 4 is 18.0 Å². The molecule has 0 saturated heterocycles. The zero-order chi connectivity index (χ0) is 12.8. The molecule has 88 valence electrons. The van der Waals surface area contributed by atoms with Crippen LogP contribution in [0.2, 0.25) is 0 Å². The van der Waals surface area contributed by atoms with Crippen LogP contribution in [0.25, 0.3) is 6.08 Å². The fraction of sp³-hybridized carbons (Fsp3) is 0.0769. The van der Waals surface area contributed by atoms with Crippen LogP contribution < -0.4 is 5.73 Å². The second-order valence-electron chi connectivity index (χ2n) is 3.45. The van der Waals surface area contributed by atoms with E-state index in [1.807, 2.05) is 30.3 Å². The number of hydrogen-bond acceptors (Lipinski definition) is 2. The lowest BCUT2D eigenvalue weighted by Crippen LogP contribution is -2.16. The van der Waals surface area contributed by atoms with Crippen molar-refractivity contribution in [2.75, 3.05) is 0 Å². The van der Waals surface area contributed by atoms with Crippen LogP contribution in [0.15, 0.2) is 47.6 Å². The number of benzene rings is 1. The van der Waals surface area contributed by atoms with Crippen LogP contribution in [0, 0.1) is 0 Å². The Hall–Kier alpha value is -2.36. The third-order valence-corrected chi connectivity index (χ3v) is 2.23. The van der Waals surface area contributed by atoms with E-state index in [0.29, 0.717) is 0 Å². The second-order valence-corrected chi connectivity index (χ2v) is 3.45. The third-order valence-electron chi connectivity index (χ3n) is 2.23. The lowest BCUT2D eigenvalue weighted by Gasteiger charge is -2.00. The Labute approximate surface area is 99.1 Å². The number of rotatable bonds is 4. The molecule has 0 aromatic heterocycles. The van der Waals surface area contributed by atoms with Crippen molar-refractivity contribution in [1.82, 2.24) is 0 Å². The first kappa shape index (κ1) is 12.7. The molecule has 1 amide bonds. The molecule has 1 aromatic rings. The van der Waals surface area contributed by atoms with Crippen molar-refractivity contribution in [2.24, 2.45) is 5.73 Å². The summed E-state index contributed by atoms with van der Waals surface area (Å²) >= 11 is 0. The first-order valence-electron chi connectivity index (χ1n) is 4.99. The predicted octanol–water partition coefficient (Wildman–Crippen LogP) is 1.59. The van der Waals surface area contributed by atoms with Gasteiger partial charge in [-0.1, -0.05) is 36.4 Å². The molecule has 0 aliphatic carbocycles. The smallest absolute Gasteiger partial charge is 0.332 e. The summed E-state index contributed by atoms with van der Waals surface area (Å²) in [6, 6.07) is 9.23. The minimum Gasteiger partial charge on any atom is -0.478 e.